The second-order valence-electron chi connectivity index (χ2n) is 5.92. The van der Waals surface area contributed by atoms with Gasteiger partial charge in [-0.2, -0.15) is 0 Å². The van der Waals surface area contributed by atoms with Crippen molar-refractivity contribution in [3.8, 4) is 0 Å². The lowest BCUT2D eigenvalue weighted by Gasteiger charge is -2.34. The van der Waals surface area contributed by atoms with Gasteiger partial charge in [0.2, 0.25) is 5.91 Å². The highest BCUT2D eigenvalue weighted by Crippen LogP contribution is 2.33. The molecular formula is C16H19N3OS2. The Morgan fingerprint density at radius 1 is 1.27 bits per heavy atom. The minimum atomic E-state index is 0.332. The molecule has 1 amide bonds. The van der Waals surface area contributed by atoms with Crippen molar-refractivity contribution >= 4 is 44.4 Å². The molecule has 1 aliphatic carbocycles. The maximum Gasteiger partial charge on any atom is 0.225 e. The lowest BCUT2D eigenvalue weighted by Crippen LogP contribution is -2.49. The number of piperazine rings is 1. The van der Waals surface area contributed by atoms with Crippen molar-refractivity contribution in [1.82, 2.24) is 9.88 Å². The third kappa shape index (κ3) is 2.70. The number of rotatable bonds is 3. The minimum Gasteiger partial charge on any atom is -0.345 e. The summed E-state index contributed by atoms with van der Waals surface area (Å²) in [6, 6.07) is 6.45. The molecule has 1 saturated carbocycles. The van der Waals surface area contributed by atoms with E-state index < -0.39 is 0 Å². The van der Waals surface area contributed by atoms with E-state index in [1.165, 1.54) is 9.60 Å². The first-order valence-electron chi connectivity index (χ1n) is 7.73. The highest BCUT2D eigenvalue weighted by molar-refractivity contribution is 7.98. The molecule has 1 aromatic carbocycles. The Bertz CT molecular complexity index is 702. The van der Waals surface area contributed by atoms with E-state index >= 15 is 0 Å². The number of carbonyl (C=O) groups is 1. The standard InChI is InChI=1S/C16H19N3OS2/c1-21-12-4-5-13-14(10-12)22-16(17-13)19-8-6-18(7-9-19)15(20)11-2-3-11/h4-5,10-11H,2-3,6-9H2,1H3. The van der Waals surface area contributed by atoms with E-state index in [1.54, 1.807) is 23.1 Å². The molecule has 0 spiro atoms. The number of amides is 1. The minimum absolute atomic E-state index is 0.332. The highest BCUT2D eigenvalue weighted by atomic mass is 32.2. The fourth-order valence-corrected chi connectivity index (χ4v) is 4.43. The van der Waals surface area contributed by atoms with Crippen molar-refractivity contribution < 1.29 is 4.79 Å². The van der Waals surface area contributed by atoms with Gasteiger partial charge in [0.15, 0.2) is 5.13 Å². The van der Waals surface area contributed by atoms with Crippen LogP contribution in [0.15, 0.2) is 23.1 Å². The van der Waals surface area contributed by atoms with E-state index in [-0.39, 0.29) is 0 Å². The number of fused-ring (bicyclic) bond motifs is 1. The first-order valence-corrected chi connectivity index (χ1v) is 9.77. The first kappa shape index (κ1) is 14.3. The SMILES string of the molecule is CSc1ccc2nc(N3CCN(C(=O)C4CC4)CC3)sc2c1. The fraction of sp³-hybridized carbons (Fsp3) is 0.500. The first-order chi connectivity index (χ1) is 10.7. The summed E-state index contributed by atoms with van der Waals surface area (Å²) >= 11 is 3.52. The van der Waals surface area contributed by atoms with Crippen molar-refractivity contribution in [2.45, 2.75) is 17.7 Å². The van der Waals surface area contributed by atoms with Gasteiger partial charge >= 0.3 is 0 Å². The summed E-state index contributed by atoms with van der Waals surface area (Å²) in [5.41, 5.74) is 1.08. The van der Waals surface area contributed by atoms with Gasteiger partial charge in [0, 0.05) is 37.0 Å². The fourth-order valence-electron chi connectivity index (χ4n) is 2.86. The number of thiazole rings is 1. The number of aromatic nitrogens is 1. The Kier molecular flexibility index (Phi) is 3.74. The summed E-state index contributed by atoms with van der Waals surface area (Å²) in [4.78, 5) is 22.5. The lowest BCUT2D eigenvalue weighted by atomic mass is 10.3. The van der Waals surface area contributed by atoms with E-state index in [1.807, 2.05) is 4.90 Å². The molecule has 0 radical (unpaired) electrons. The van der Waals surface area contributed by atoms with Crippen LogP contribution in [-0.4, -0.2) is 48.2 Å². The van der Waals surface area contributed by atoms with Crippen LogP contribution >= 0.6 is 23.1 Å². The van der Waals surface area contributed by atoms with Gasteiger partial charge < -0.3 is 9.80 Å². The number of thioether (sulfide) groups is 1. The van der Waals surface area contributed by atoms with Crippen molar-refractivity contribution in [3.63, 3.8) is 0 Å². The summed E-state index contributed by atoms with van der Waals surface area (Å²) in [6.45, 7) is 3.46. The zero-order valence-electron chi connectivity index (χ0n) is 12.6. The third-order valence-corrected chi connectivity index (χ3v) is 6.18. The normalized spacial score (nSPS) is 19.0. The molecule has 1 aliphatic heterocycles. The maximum atomic E-state index is 12.1. The molecule has 0 bridgehead atoms. The number of nitrogens with zero attached hydrogens (tertiary/aromatic N) is 3. The second kappa shape index (κ2) is 5.74. The Morgan fingerprint density at radius 2 is 2.05 bits per heavy atom. The molecule has 2 aliphatic rings. The number of carbonyl (C=O) groups excluding carboxylic acids is 1. The van der Waals surface area contributed by atoms with Gasteiger partial charge in [-0.05, 0) is 37.3 Å². The van der Waals surface area contributed by atoms with Gasteiger partial charge in [-0.3, -0.25) is 4.79 Å². The topological polar surface area (TPSA) is 36.4 Å². The number of benzene rings is 1. The molecule has 2 aromatic rings. The molecule has 6 heteroatoms. The van der Waals surface area contributed by atoms with Gasteiger partial charge in [-0.1, -0.05) is 11.3 Å². The monoisotopic (exact) mass is 333 g/mol. The Morgan fingerprint density at radius 3 is 2.73 bits per heavy atom. The molecule has 0 N–H and O–H groups in total. The van der Waals surface area contributed by atoms with Gasteiger partial charge in [-0.25, -0.2) is 4.98 Å². The largest absolute Gasteiger partial charge is 0.345 e. The highest BCUT2D eigenvalue weighted by Gasteiger charge is 2.34. The molecular weight excluding hydrogens is 314 g/mol. The zero-order valence-corrected chi connectivity index (χ0v) is 14.3. The van der Waals surface area contributed by atoms with E-state index in [4.69, 9.17) is 4.98 Å². The van der Waals surface area contributed by atoms with Crippen LogP contribution in [0.4, 0.5) is 5.13 Å². The van der Waals surface area contributed by atoms with Gasteiger partial charge in [0.25, 0.3) is 0 Å². The second-order valence-corrected chi connectivity index (χ2v) is 7.81. The predicted molar refractivity (Wildman–Crippen MR) is 92.9 cm³/mol. The van der Waals surface area contributed by atoms with Crippen LogP contribution in [0.3, 0.4) is 0 Å². The third-order valence-electron chi connectivity index (χ3n) is 4.37. The van der Waals surface area contributed by atoms with Crippen LogP contribution < -0.4 is 4.90 Å². The smallest absolute Gasteiger partial charge is 0.225 e. The number of anilines is 1. The van der Waals surface area contributed by atoms with Crippen LogP contribution in [0.5, 0.6) is 0 Å². The number of hydrogen-bond donors (Lipinski definition) is 0. The predicted octanol–water partition coefficient (Wildman–Crippen LogP) is 3.08. The van der Waals surface area contributed by atoms with Crippen molar-refractivity contribution in [3.05, 3.63) is 18.2 Å². The zero-order chi connectivity index (χ0) is 15.1. The molecule has 2 heterocycles. The van der Waals surface area contributed by atoms with E-state index in [0.717, 1.165) is 49.7 Å². The molecule has 1 saturated heterocycles. The molecule has 4 rings (SSSR count). The molecule has 116 valence electrons. The number of hydrogen-bond acceptors (Lipinski definition) is 5. The van der Waals surface area contributed by atoms with Crippen LogP contribution in [-0.2, 0) is 4.79 Å². The van der Waals surface area contributed by atoms with Crippen LogP contribution in [0.2, 0.25) is 0 Å². The van der Waals surface area contributed by atoms with E-state index in [9.17, 15) is 4.79 Å². The van der Waals surface area contributed by atoms with Crippen molar-refractivity contribution in [2.24, 2.45) is 5.92 Å². The van der Waals surface area contributed by atoms with Gasteiger partial charge in [-0.15, -0.1) is 11.8 Å². The average Bonchev–Trinajstić information content (AvgIpc) is 3.32. The van der Waals surface area contributed by atoms with Crippen LogP contribution in [0.1, 0.15) is 12.8 Å². The molecule has 4 nitrogen and oxygen atoms in total. The van der Waals surface area contributed by atoms with Gasteiger partial charge in [0.1, 0.15) is 0 Å². The molecule has 1 aromatic heterocycles. The summed E-state index contributed by atoms with van der Waals surface area (Å²) < 4.78 is 1.25. The Labute approximate surface area is 138 Å². The van der Waals surface area contributed by atoms with Crippen LogP contribution in [0, 0.1) is 5.92 Å². The average molecular weight is 333 g/mol. The van der Waals surface area contributed by atoms with E-state index in [0.29, 0.717) is 11.8 Å². The quantitative estimate of drug-likeness (QED) is 0.809. The lowest BCUT2D eigenvalue weighted by molar-refractivity contribution is -0.132. The summed E-state index contributed by atoms with van der Waals surface area (Å²) in [5.74, 6) is 0.701. The molecule has 2 fully saturated rings. The summed E-state index contributed by atoms with van der Waals surface area (Å²) in [6.07, 6.45) is 4.28. The van der Waals surface area contributed by atoms with Crippen LogP contribution in [0.25, 0.3) is 10.2 Å². The maximum absolute atomic E-state index is 12.1. The van der Waals surface area contributed by atoms with Crippen molar-refractivity contribution in [1.29, 1.82) is 0 Å². The summed E-state index contributed by atoms with van der Waals surface area (Å²) in [7, 11) is 0. The molecule has 0 unspecified atom stereocenters. The Balaban J connectivity index is 1.47. The van der Waals surface area contributed by atoms with Gasteiger partial charge in [0.05, 0.1) is 10.2 Å². The Hall–Kier alpha value is -1.27. The molecule has 0 atom stereocenters. The van der Waals surface area contributed by atoms with Crippen molar-refractivity contribution in [2.75, 3.05) is 37.3 Å². The summed E-state index contributed by atoms with van der Waals surface area (Å²) in [5, 5.41) is 1.09. The molecule has 22 heavy (non-hydrogen) atoms. The van der Waals surface area contributed by atoms with E-state index in [2.05, 4.69) is 29.4 Å².